The van der Waals surface area contributed by atoms with Gasteiger partial charge in [0, 0.05) is 7.26 Å². The second-order valence-electron chi connectivity index (χ2n) is 9.92. The third-order valence-electron chi connectivity index (χ3n) is 7.01. The molecule has 0 aliphatic rings. The highest BCUT2D eigenvalue weighted by molar-refractivity contribution is 9.11. The van der Waals surface area contributed by atoms with E-state index in [9.17, 15) is 0 Å². The summed E-state index contributed by atoms with van der Waals surface area (Å²) in [6, 6.07) is 0. The van der Waals surface area contributed by atoms with Crippen molar-refractivity contribution in [3.05, 3.63) is 0 Å². The van der Waals surface area contributed by atoms with Crippen molar-refractivity contribution in [1.82, 2.24) is 0 Å². The average Bonchev–Trinajstić information content (AvgIpc) is 2.76. The minimum Gasteiger partial charge on any atom is -1.00 e. The van der Waals surface area contributed by atoms with E-state index in [0.29, 0.717) is 0 Å². The van der Waals surface area contributed by atoms with Crippen molar-refractivity contribution in [2.75, 3.05) is 18.5 Å². The molecule has 0 aromatic carbocycles. The zero-order chi connectivity index (χ0) is 22.3. The Morgan fingerprint density at radius 2 is 0.742 bits per heavy atom. The molecular weight excluding hydrogens is 527 g/mol. The Labute approximate surface area is 218 Å². The molecule has 31 heavy (non-hydrogen) atoms. The fourth-order valence-electron chi connectivity index (χ4n) is 4.78. The van der Waals surface area contributed by atoms with Crippen molar-refractivity contribution < 1.29 is 17.0 Å². The van der Waals surface area contributed by atoms with Crippen molar-refractivity contribution in [3.63, 3.8) is 0 Å². The van der Waals surface area contributed by atoms with Gasteiger partial charge in [0.25, 0.3) is 0 Å². The van der Waals surface area contributed by atoms with E-state index in [2.05, 4.69) is 43.6 Å². The fraction of sp³-hybridized carbons (Fsp3) is 1.00. The van der Waals surface area contributed by atoms with Gasteiger partial charge in [-0.3, -0.25) is 0 Å². The van der Waals surface area contributed by atoms with Crippen molar-refractivity contribution >= 4 is 23.2 Å². The van der Waals surface area contributed by atoms with E-state index in [1.54, 1.807) is 18.5 Å². The molecule has 0 aliphatic heterocycles. The Bertz CT molecular complexity index is 313. The summed E-state index contributed by atoms with van der Waals surface area (Å²) in [5.41, 5.74) is 0. The summed E-state index contributed by atoms with van der Waals surface area (Å²) < 4.78 is 0.849. The number of halogens is 2. The number of rotatable bonds is 24. The summed E-state index contributed by atoms with van der Waals surface area (Å²) in [7, 11) is -0.805. The Morgan fingerprint density at radius 1 is 0.452 bits per heavy atom. The molecule has 0 saturated carbocycles. The van der Waals surface area contributed by atoms with Crippen LogP contribution in [0, 0.1) is 0 Å². The zero-order valence-corrected chi connectivity index (χ0v) is 26.1. The molecule has 0 aromatic heterocycles. The first kappa shape index (κ1) is 34.6. The molecule has 0 N–H and O–H groups in total. The standard InChI is InChI=1S/C28H59BrP.BrH/c1-5-9-13-14-15-16-17-18-19-20-21-22-23-24-28(29)30(25-10-6-2,26-11-7-3)27-12-8-4;/h28H,5-27H2,1-4H3;1H/q+1;/p-1. The molecule has 0 aromatic rings. The maximum absolute atomic E-state index is 4.28. The topological polar surface area (TPSA) is 0 Å². The second kappa shape index (κ2) is 26.0. The van der Waals surface area contributed by atoms with Gasteiger partial charge in [0.15, 0.2) is 0 Å². The summed E-state index contributed by atoms with van der Waals surface area (Å²) in [4.78, 5) is 0. The molecule has 0 rings (SSSR count). The molecule has 0 nitrogen and oxygen atoms in total. The Hall–Kier alpha value is 1.39. The van der Waals surface area contributed by atoms with Crippen LogP contribution in [-0.4, -0.2) is 23.1 Å². The Kier molecular flexibility index (Phi) is 29.0. The average molecular weight is 587 g/mol. The van der Waals surface area contributed by atoms with E-state index in [1.807, 2.05) is 0 Å². The summed E-state index contributed by atoms with van der Waals surface area (Å²) in [5, 5.41) is 0. The molecule has 190 valence electrons. The number of alkyl halides is 1. The molecule has 0 fully saturated rings. The van der Waals surface area contributed by atoms with E-state index >= 15 is 0 Å². The number of hydrogen-bond acceptors (Lipinski definition) is 0. The van der Waals surface area contributed by atoms with E-state index in [-0.39, 0.29) is 17.0 Å². The molecule has 0 saturated heterocycles. The van der Waals surface area contributed by atoms with Crippen molar-refractivity contribution in [2.24, 2.45) is 0 Å². The fourth-order valence-corrected chi connectivity index (χ4v) is 12.0. The van der Waals surface area contributed by atoms with Gasteiger partial charge in [-0.15, -0.1) is 0 Å². The van der Waals surface area contributed by atoms with Gasteiger partial charge in [0.1, 0.15) is 4.57 Å². The highest BCUT2D eigenvalue weighted by Crippen LogP contribution is 2.67. The quantitative estimate of drug-likeness (QED) is 0.0604. The molecule has 0 amide bonds. The number of unbranched alkanes of at least 4 members (excludes halogenated alkanes) is 15. The monoisotopic (exact) mass is 584 g/mol. The normalized spacial score (nSPS) is 12.7. The largest absolute Gasteiger partial charge is 1.00 e. The number of hydrogen-bond donors (Lipinski definition) is 0. The second-order valence-corrected chi connectivity index (χ2v) is 16.1. The molecule has 0 spiro atoms. The Morgan fingerprint density at radius 3 is 1.06 bits per heavy atom. The van der Waals surface area contributed by atoms with Gasteiger partial charge in [-0.05, 0) is 48.0 Å². The van der Waals surface area contributed by atoms with Crippen LogP contribution in [0.2, 0.25) is 0 Å². The van der Waals surface area contributed by atoms with Gasteiger partial charge in [0.05, 0.1) is 18.5 Å². The first-order valence-electron chi connectivity index (χ1n) is 14.2. The third-order valence-corrected chi connectivity index (χ3v) is 15.1. The van der Waals surface area contributed by atoms with Crippen LogP contribution >= 0.6 is 23.2 Å². The predicted octanol–water partition coefficient (Wildman–Crippen LogP) is 8.61. The highest BCUT2D eigenvalue weighted by atomic mass is 79.9. The van der Waals surface area contributed by atoms with Gasteiger partial charge in [0.2, 0.25) is 0 Å². The first-order valence-corrected chi connectivity index (χ1v) is 17.5. The summed E-state index contributed by atoms with van der Waals surface area (Å²) >= 11 is 4.28. The molecule has 0 heterocycles. The smallest absolute Gasteiger partial charge is 0.123 e. The van der Waals surface area contributed by atoms with Crippen LogP contribution in [-0.2, 0) is 0 Å². The van der Waals surface area contributed by atoms with E-state index in [4.69, 9.17) is 0 Å². The van der Waals surface area contributed by atoms with Crippen LogP contribution in [0.4, 0.5) is 0 Å². The van der Waals surface area contributed by atoms with Crippen LogP contribution in [0.3, 0.4) is 0 Å². The van der Waals surface area contributed by atoms with Crippen LogP contribution in [0.25, 0.3) is 0 Å². The van der Waals surface area contributed by atoms with Gasteiger partial charge in [-0.1, -0.05) is 124 Å². The maximum atomic E-state index is 4.28. The first-order chi connectivity index (χ1) is 14.7. The van der Waals surface area contributed by atoms with E-state index in [1.165, 1.54) is 128 Å². The van der Waals surface area contributed by atoms with Crippen LogP contribution < -0.4 is 17.0 Å². The molecule has 1 unspecified atom stereocenters. The lowest BCUT2D eigenvalue weighted by atomic mass is 10.0. The maximum Gasteiger partial charge on any atom is 0.123 e. The molecule has 0 bridgehead atoms. The van der Waals surface area contributed by atoms with Gasteiger partial charge in [-0.25, -0.2) is 0 Å². The van der Waals surface area contributed by atoms with Crippen LogP contribution in [0.5, 0.6) is 0 Å². The SMILES string of the molecule is CCCCCCCCCCCCCCCC(Br)[P+](CCCC)(CCCC)CCCC.[Br-]. The summed E-state index contributed by atoms with van der Waals surface area (Å²) in [6.07, 6.45) is 33.6. The molecular formula is C28H59Br2P. The lowest BCUT2D eigenvalue weighted by molar-refractivity contribution is -0.00000672. The lowest BCUT2D eigenvalue weighted by Gasteiger charge is -2.32. The molecule has 0 radical (unpaired) electrons. The third kappa shape index (κ3) is 19.4. The minimum atomic E-state index is -0.805. The van der Waals surface area contributed by atoms with Crippen LogP contribution in [0.1, 0.15) is 156 Å². The van der Waals surface area contributed by atoms with E-state index in [0.717, 1.165) is 4.57 Å². The van der Waals surface area contributed by atoms with Gasteiger partial charge >= 0.3 is 0 Å². The van der Waals surface area contributed by atoms with Gasteiger partial charge < -0.3 is 17.0 Å². The molecule has 1 atom stereocenters. The molecule has 0 aliphatic carbocycles. The van der Waals surface area contributed by atoms with Crippen molar-refractivity contribution in [1.29, 1.82) is 0 Å². The van der Waals surface area contributed by atoms with Crippen molar-refractivity contribution in [3.8, 4) is 0 Å². The van der Waals surface area contributed by atoms with E-state index < -0.39 is 7.26 Å². The van der Waals surface area contributed by atoms with Crippen molar-refractivity contribution in [2.45, 2.75) is 161 Å². The summed E-state index contributed by atoms with van der Waals surface area (Å²) in [6.45, 7) is 9.44. The van der Waals surface area contributed by atoms with Crippen LogP contribution in [0.15, 0.2) is 0 Å². The minimum absolute atomic E-state index is 0. The summed E-state index contributed by atoms with van der Waals surface area (Å²) in [5.74, 6) is 0. The lowest BCUT2D eigenvalue weighted by Crippen LogP contribution is -3.00. The molecule has 3 heteroatoms. The van der Waals surface area contributed by atoms with Gasteiger partial charge in [-0.2, -0.15) is 0 Å². The Balaban J connectivity index is 0. The highest BCUT2D eigenvalue weighted by Gasteiger charge is 2.42. The zero-order valence-electron chi connectivity index (χ0n) is 22.0. The predicted molar refractivity (Wildman–Crippen MR) is 149 cm³/mol.